The summed E-state index contributed by atoms with van der Waals surface area (Å²) >= 11 is 6.89. The van der Waals surface area contributed by atoms with Crippen LogP contribution in [0, 0.1) is 0 Å². The smallest absolute Gasteiger partial charge is 0.149 e. The monoisotopic (exact) mass is 405 g/mol. The number of ether oxygens (including phenoxy) is 1. The van der Waals surface area contributed by atoms with Crippen LogP contribution in [-0.4, -0.2) is 24.2 Å². The molecule has 0 saturated carbocycles. The van der Waals surface area contributed by atoms with Crippen molar-refractivity contribution in [2.45, 2.75) is 27.0 Å². The van der Waals surface area contributed by atoms with Crippen molar-refractivity contribution < 1.29 is 4.74 Å². The molecule has 150 valence electrons. The summed E-state index contributed by atoms with van der Waals surface area (Å²) in [5.41, 5.74) is 4.17. The summed E-state index contributed by atoms with van der Waals surface area (Å²) in [4.78, 5) is 2.27. The molecule has 0 aromatic heterocycles. The highest BCUT2D eigenvalue weighted by atomic mass is 35.5. The molecule has 0 aliphatic rings. The largest absolute Gasteiger partial charge is 0.475 e. The lowest BCUT2D eigenvalue weighted by Crippen LogP contribution is -2.36. The van der Waals surface area contributed by atoms with Crippen LogP contribution < -0.4 is 4.74 Å². The maximum atomic E-state index is 6.89. The normalized spacial score (nSPS) is 13.1. The molecule has 0 amide bonds. The number of rotatable bonds is 8. The second-order valence-corrected chi connectivity index (χ2v) is 7.26. The van der Waals surface area contributed by atoms with Crippen molar-refractivity contribution in [3.05, 3.63) is 102 Å². The molecule has 0 spiro atoms. The van der Waals surface area contributed by atoms with Crippen molar-refractivity contribution in [1.29, 1.82) is 0 Å². The van der Waals surface area contributed by atoms with E-state index in [1.165, 1.54) is 0 Å². The summed E-state index contributed by atoms with van der Waals surface area (Å²) in [6.45, 7) is 8.30. The maximum absolute atomic E-state index is 6.89. The van der Waals surface area contributed by atoms with Crippen LogP contribution in [0.3, 0.4) is 0 Å². The van der Waals surface area contributed by atoms with Gasteiger partial charge in [0, 0.05) is 5.57 Å². The first-order valence-corrected chi connectivity index (χ1v) is 10.5. The zero-order chi connectivity index (χ0) is 20.6. The Kier molecular flexibility index (Phi) is 7.51. The van der Waals surface area contributed by atoms with E-state index in [1.807, 2.05) is 60.7 Å². The van der Waals surface area contributed by atoms with E-state index >= 15 is 0 Å². The minimum absolute atomic E-state index is 0.0351. The molecule has 0 aliphatic heterocycles. The molecule has 0 saturated heterocycles. The zero-order valence-corrected chi connectivity index (χ0v) is 18.1. The number of hydrogen-bond acceptors (Lipinski definition) is 2. The molecular formula is C26H28ClNO. The molecule has 29 heavy (non-hydrogen) atoms. The molecular weight excluding hydrogens is 378 g/mol. The van der Waals surface area contributed by atoms with Crippen LogP contribution >= 0.6 is 11.6 Å². The highest BCUT2D eigenvalue weighted by molar-refractivity contribution is 6.53. The van der Waals surface area contributed by atoms with Gasteiger partial charge in [-0.3, -0.25) is 4.90 Å². The summed E-state index contributed by atoms with van der Waals surface area (Å²) in [5.74, 6) is 0.858. The van der Waals surface area contributed by atoms with Crippen LogP contribution in [0.25, 0.3) is 10.6 Å². The third-order valence-corrected chi connectivity index (χ3v) is 5.49. The van der Waals surface area contributed by atoms with Crippen LogP contribution in [0.5, 0.6) is 5.75 Å². The highest BCUT2D eigenvalue weighted by Crippen LogP contribution is 2.35. The molecule has 3 aromatic rings. The Balaban J connectivity index is 1.96. The van der Waals surface area contributed by atoms with Gasteiger partial charge in [-0.25, -0.2) is 0 Å². The van der Waals surface area contributed by atoms with E-state index in [1.54, 1.807) is 0 Å². The standard InChI is InChI=1S/C26H28ClNO/c1-4-28(5-2)20(3)29-24-18-16-22(17-19-24)25(21-12-8-6-9-13-21)26(27)23-14-10-7-11-15-23/h6-20H,4-5H2,1-3H3. The summed E-state index contributed by atoms with van der Waals surface area (Å²) in [6, 6.07) is 28.6. The molecule has 0 fully saturated rings. The van der Waals surface area contributed by atoms with Crippen molar-refractivity contribution in [2.24, 2.45) is 0 Å². The fourth-order valence-electron chi connectivity index (χ4n) is 3.46. The quantitative estimate of drug-likeness (QED) is 0.298. The van der Waals surface area contributed by atoms with Gasteiger partial charge in [-0.1, -0.05) is 98.2 Å². The van der Waals surface area contributed by atoms with E-state index in [2.05, 4.69) is 49.9 Å². The van der Waals surface area contributed by atoms with Crippen molar-refractivity contribution in [1.82, 2.24) is 4.90 Å². The zero-order valence-electron chi connectivity index (χ0n) is 17.3. The van der Waals surface area contributed by atoms with Gasteiger partial charge in [0.05, 0.1) is 5.03 Å². The van der Waals surface area contributed by atoms with Gasteiger partial charge in [0.25, 0.3) is 0 Å². The van der Waals surface area contributed by atoms with Crippen LogP contribution in [0.1, 0.15) is 37.5 Å². The topological polar surface area (TPSA) is 12.5 Å². The van der Waals surface area contributed by atoms with Crippen LogP contribution in [0.2, 0.25) is 0 Å². The van der Waals surface area contributed by atoms with Crippen molar-refractivity contribution >= 4 is 22.2 Å². The molecule has 0 aliphatic carbocycles. The average molecular weight is 406 g/mol. The van der Waals surface area contributed by atoms with Crippen molar-refractivity contribution in [3.63, 3.8) is 0 Å². The molecule has 1 unspecified atom stereocenters. The first-order valence-electron chi connectivity index (χ1n) is 10.2. The second kappa shape index (κ2) is 10.3. The molecule has 0 heterocycles. The van der Waals surface area contributed by atoms with E-state index in [-0.39, 0.29) is 6.23 Å². The highest BCUT2D eigenvalue weighted by Gasteiger charge is 2.14. The summed E-state index contributed by atoms with van der Waals surface area (Å²) in [7, 11) is 0. The van der Waals surface area contributed by atoms with E-state index < -0.39 is 0 Å². The lowest BCUT2D eigenvalue weighted by molar-refractivity contribution is 0.0481. The summed E-state index contributed by atoms with van der Waals surface area (Å²) in [6.07, 6.45) is 0.0351. The fourth-order valence-corrected chi connectivity index (χ4v) is 3.81. The van der Waals surface area contributed by atoms with Gasteiger partial charge in [0.1, 0.15) is 12.0 Å². The third kappa shape index (κ3) is 5.29. The molecule has 3 aromatic carbocycles. The Morgan fingerprint density at radius 3 is 1.76 bits per heavy atom. The SMILES string of the molecule is CCN(CC)C(C)Oc1ccc(C(=C(Cl)c2ccccc2)c2ccccc2)cc1. The molecule has 0 N–H and O–H groups in total. The van der Waals surface area contributed by atoms with E-state index in [0.717, 1.165) is 46.1 Å². The van der Waals surface area contributed by atoms with Crippen molar-refractivity contribution in [3.8, 4) is 5.75 Å². The summed E-state index contributed by atoms with van der Waals surface area (Å²) in [5, 5.41) is 0.738. The number of hydrogen-bond donors (Lipinski definition) is 0. The first-order chi connectivity index (χ1) is 14.1. The first kappa shape index (κ1) is 21.2. The predicted octanol–water partition coefficient (Wildman–Crippen LogP) is 6.91. The molecule has 0 radical (unpaired) electrons. The Morgan fingerprint density at radius 1 is 0.759 bits per heavy atom. The Morgan fingerprint density at radius 2 is 1.24 bits per heavy atom. The molecule has 0 bridgehead atoms. The van der Waals surface area contributed by atoms with E-state index in [0.29, 0.717) is 0 Å². The lowest BCUT2D eigenvalue weighted by Gasteiger charge is -2.27. The average Bonchev–Trinajstić information content (AvgIpc) is 2.77. The van der Waals surface area contributed by atoms with E-state index in [9.17, 15) is 0 Å². The fraction of sp³-hybridized carbons (Fsp3) is 0.231. The number of benzene rings is 3. The van der Waals surface area contributed by atoms with Crippen LogP contribution in [0.4, 0.5) is 0 Å². The van der Waals surface area contributed by atoms with Crippen LogP contribution in [-0.2, 0) is 0 Å². The van der Waals surface area contributed by atoms with E-state index in [4.69, 9.17) is 16.3 Å². The number of nitrogens with zero attached hydrogens (tertiary/aromatic N) is 1. The second-order valence-electron chi connectivity index (χ2n) is 6.88. The predicted molar refractivity (Wildman–Crippen MR) is 124 cm³/mol. The minimum atomic E-state index is 0.0351. The minimum Gasteiger partial charge on any atom is -0.475 e. The number of halogens is 1. The molecule has 1 atom stereocenters. The Labute approximate surface area is 179 Å². The summed E-state index contributed by atoms with van der Waals surface area (Å²) < 4.78 is 6.12. The van der Waals surface area contributed by atoms with Crippen LogP contribution in [0.15, 0.2) is 84.9 Å². The van der Waals surface area contributed by atoms with Gasteiger partial charge in [0.15, 0.2) is 0 Å². The maximum Gasteiger partial charge on any atom is 0.149 e. The molecule has 3 heteroatoms. The van der Waals surface area contributed by atoms with Gasteiger partial charge in [-0.05, 0) is 48.8 Å². The van der Waals surface area contributed by atoms with Gasteiger partial charge in [0.2, 0.25) is 0 Å². The third-order valence-electron chi connectivity index (χ3n) is 5.09. The Hall–Kier alpha value is -2.55. The van der Waals surface area contributed by atoms with Gasteiger partial charge >= 0.3 is 0 Å². The van der Waals surface area contributed by atoms with Gasteiger partial charge in [-0.2, -0.15) is 0 Å². The van der Waals surface area contributed by atoms with Gasteiger partial charge < -0.3 is 4.74 Å². The molecule has 3 rings (SSSR count). The molecule has 2 nitrogen and oxygen atoms in total. The van der Waals surface area contributed by atoms with Gasteiger partial charge in [-0.15, -0.1) is 0 Å². The Bertz CT molecular complexity index is 916. The van der Waals surface area contributed by atoms with Crippen molar-refractivity contribution in [2.75, 3.05) is 13.1 Å². The lowest BCUT2D eigenvalue weighted by atomic mass is 9.95.